The first kappa shape index (κ1) is 10.8. The van der Waals surface area contributed by atoms with Crippen LogP contribution in [0.25, 0.3) is 0 Å². The van der Waals surface area contributed by atoms with Crippen molar-refractivity contribution in [3.8, 4) is 0 Å². The molecule has 1 fully saturated rings. The molecule has 7 nitrogen and oxygen atoms in total. The average Bonchev–Trinajstić information content (AvgIpc) is 2.28. The number of rotatable bonds is 2. The van der Waals surface area contributed by atoms with E-state index in [1.807, 2.05) is 0 Å². The zero-order chi connectivity index (χ0) is 10.2. The van der Waals surface area contributed by atoms with Crippen molar-refractivity contribution in [3.05, 3.63) is 0 Å². The maximum atomic E-state index is 10.5. The zero-order valence-electron chi connectivity index (χ0n) is 6.44. The number of hydrogen-bond acceptors (Lipinski definition) is 6. The van der Waals surface area contributed by atoms with Gasteiger partial charge in [-0.15, -0.1) is 0 Å². The second-order valence-corrected chi connectivity index (χ2v) is 4.22. The third-order valence-corrected chi connectivity index (χ3v) is 2.77. The molecule has 78 valence electrons. The molecule has 1 heterocycles. The van der Waals surface area contributed by atoms with Gasteiger partial charge in [0.2, 0.25) is 5.44 Å². The predicted octanol–water partition coefficient (Wildman–Crippen LogP) is -2.69. The van der Waals surface area contributed by atoms with Gasteiger partial charge in [-0.05, 0) is 0 Å². The van der Waals surface area contributed by atoms with Crippen LogP contribution in [-0.2, 0) is 14.9 Å². The van der Waals surface area contributed by atoms with Crippen LogP contribution < -0.4 is 0 Å². The van der Waals surface area contributed by atoms with Crippen LogP contribution in [-0.4, -0.2) is 58.6 Å². The molecule has 1 aliphatic heterocycles. The number of hydrogen-bond donors (Lipinski definition) is 4. The van der Waals surface area contributed by atoms with Gasteiger partial charge in [0.15, 0.2) is 0 Å². The van der Waals surface area contributed by atoms with Gasteiger partial charge in [-0.1, -0.05) is 0 Å². The Balaban J connectivity index is 2.84. The molecular formula is C5H10O7S. The lowest BCUT2D eigenvalue weighted by Gasteiger charge is -2.10. The first-order valence-electron chi connectivity index (χ1n) is 3.46. The summed E-state index contributed by atoms with van der Waals surface area (Å²) in [5.41, 5.74) is -1.89. The third-order valence-electron chi connectivity index (χ3n) is 1.79. The summed E-state index contributed by atoms with van der Waals surface area (Å²) in [4.78, 5) is 0. The van der Waals surface area contributed by atoms with Crippen molar-refractivity contribution in [1.82, 2.24) is 0 Å². The van der Waals surface area contributed by atoms with Gasteiger partial charge in [0, 0.05) is 0 Å². The maximum Gasteiger partial charge on any atom is 0.295 e. The van der Waals surface area contributed by atoms with Crippen molar-refractivity contribution in [2.24, 2.45) is 0 Å². The van der Waals surface area contributed by atoms with E-state index in [2.05, 4.69) is 4.74 Å². The Bertz CT molecular complexity index is 273. The lowest BCUT2D eigenvalue weighted by Crippen LogP contribution is -2.36. The lowest BCUT2D eigenvalue weighted by molar-refractivity contribution is -0.00940. The summed E-state index contributed by atoms with van der Waals surface area (Å²) in [5.74, 6) is 0. The van der Waals surface area contributed by atoms with Crippen molar-refractivity contribution in [1.29, 1.82) is 0 Å². The highest BCUT2D eigenvalue weighted by atomic mass is 32.2. The van der Waals surface area contributed by atoms with Crippen LogP contribution in [0.4, 0.5) is 0 Å². The van der Waals surface area contributed by atoms with E-state index in [0.717, 1.165) is 0 Å². The van der Waals surface area contributed by atoms with Gasteiger partial charge in [0.25, 0.3) is 10.1 Å². The summed E-state index contributed by atoms with van der Waals surface area (Å²) in [6, 6.07) is 0. The molecule has 0 bridgehead atoms. The molecule has 1 saturated heterocycles. The molecule has 1 aliphatic rings. The van der Waals surface area contributed by atoms with Crippen LogP contribution in [0, 0.1) is 0 Å². The molecule has 8 heteroatoms. The average molecular weight is 214 g/mol. The summed E-state index contributed by atoms with van der Waals surface area (Å²) in [6.45, 7) is -0.635. The second-order valence-electron chi connectivity index (χ2n) is 2.72. The molecule has 0 amide bonds. The Morgan fingerprint density at radius 1 is 1.23 bits per heavy atom. The molecule has 4 atom stereocenters. The van der Waals surface area contributed by atoms with Crippen LogP contribution in [0.2, 0.25) is 0 Å². The molecule has 0 aromatic heterocycles. The summed E-state index contributed by atoms with van der Waals surface area (Å²) in [5, 5.41) is 26.7. The van der Waals surface area contributed by atoms with Crippen molar-refractivity contribution >= 4 is 10.1 Å². The fourth-order valence-corrected chi connectivity index (χ4v) is 1.91. The van der Waals surface area contributed by atoms with Crippen molar-refractivity contribution in [2.75, 3.05) is 6.61 Å². The third kappa shape index (κ3) is 1.98. The standard InChI is InChI=1S/C5H10O7S/c6-1-2-3(7)4(8)5(12-2)13(9,10)11/h2-8H,1H2,(H,9,10,11)/t2-,3-,4-,5+/m1/s1. The summed E-state index contributed by atoms with van der Waals surface area (Å²) < 4.78 is 34.1. The van der Waals surface area contributed by atoms with E-state index in [1.165, 1.54) is 0 Å². The lowest BCUT2D eigenvalue weighted by atomic mass is 10.2. The highest BCUT2D eigenvalue weighted by Crippen LogP contribution is 2.24. The van der Waals surface area contributed by atoms with Crippen molar-refractivity contribution in [2.45, 2.75) is 23.7 Å². The fourth-order valence-electron chi connectivity index (χ4n) is 1.11. The smallest absolute Gasteiger partial charge is 0.295 e. The van der Waals surface area contributed by atoms with Gasteiger partial charge in [-0.3, -0.25) is 4.55 Å². The molecule has 0 radical (unpaired) electrons. The summed E-state index contributed by atoms with van der Waals surface area (Å²) in [7, 11) is -4.57. The molecule has 1 rings (SSSR count). The van der Waals surface area contributed by atoms with Gasteiger partial charge in [-0.2, -0.15) is 8.42 Å². The van der Waals surface area contributed by atoms with E-state index in [4.69, 9.17) is 19.9 Å². The number of aliphatic hydroxyl groups is 3. The van der Waals surface area contributed by atoms with Gasteiger partial charge in [-0.25, -0.2) is 0 Å². The van der Waals surface area contributed by atoms with Gasteiger partial charge >= 0.3 is 0 Å². The van der Waals surface area contributed by atoms with E-state index in [-0.39, 0.29) is 0 Å². The van der Waals surface area contributed by atoms with Crippen LogP contribution >= 0.6 is 0 Å². The predicted molar refractivity (Wildman–Crippen MR) is 39.3 cm³/mol. The topological polar surface area (TPSA) is 124 Å². The fraction of sp³-hybridized carbons (Fsp3) is 1.00. The SMILES string of the molecule is O=S(=O)(O)[C@@H]1O[C@H](CO)[C@@H](O)[C@H]1O. The zero-order valence-corrected chi connectivity index (χ0v) is 7.25. The molecular weight excluding hydrogens is 204 g/mol. The summed E-state index contributed by atoms with van der Waals surface area (Å²) >= 11 is 0. The van der Waals surface area contributed by atoms with E-state index in [1.54, 1.807) is 0 Å². The largest absolute Gasteiger partial charge is 0.394 e. The Labute approximate surface area is 74.3 Å². The second kappa shape index (κ2) is 3.48. The van der Waals surface area contributed by atoms with E-state index in [0.29, 0.717) is 0 Å². The summed E-state index contributed by atoms with van der Waals surface area (Å²) in [6.07, 6.45) is -4.45. The van der Waals surface area contributed by atoms with Crippen LogP contribution in [0.3, 0.4) is 0 Å². The number of ether oxygens (including phenoxy) is 1. The minimum Gasteiger partial charge on any atom is -0.394 e. The Morgan fingerprint density at radius 2 is 1.77 bits per heavy atom. The number of aliphatic hydroxyl groups excluding tert-OH is 3. The van der Waals surface area contributed by atoms with Crippen LogP contribution in [0.15, 0.2) is 0 Å². The van der Waals surface area contributed by atoms with Gasteiger partial charge in [0.05, 0.1) is 6.61 Å². The molecule has 0 spiro atoms. The molecule has 0 aliphatic carbocycles. The van der Waals surface area contributed by atoms with E-state index < -0.39 is 40.5 Å². The van der Waals surface area contributed by atoms with Crippen LogP contribution in [0.5, 0.6) is 0 Å². The van der Waals surface area contributed by atoms with Crippen molar-refractivity contribution in [3.63, 3.8) is 0 Å². The Kier molecular flexibility index (Phi) is 2.90. The van der Waals surface area contributed by atoms with Crippen LogP contribution in [0.1, 0.15) is 0 Å². The maximum absolute atomic E-state index is 10.5. The first-order valence-corrected chi connectivity index (χ1v) is 4.97. The monoisotopic (exact) mass is 214 g/mol. The normalized spacial score (nSPS) is 40.9. The first-order chi connectivity index (χ1) is 5.88. The molecule has 4 N–H and O–H groups in total. The molecule has 0 unspecified atom stereocenters. The van der Waals surface area contributed by atoms with Crippen molar-refractivity contribution < 1.29 is 33.0 Å². The highest BCUT2D eigenvalue weighted by Gasteiger charge is 2.48. The minimum atomic E-state index is -4.57. The van der Waals surface area contributed by atoms with E-state index >= 15 is 0 Å². The molecule has 0 saturated carbocycles. The molecule has 0 aromatic rings. The van der Waals surface area contributed by atoms with E-state index in [9.17, 15) is 8.42 Å². The minimum absolute atomic E-state index is 0.635. The highest BCUT2D eigenvalue weighted by molar-refractivity contribution is 7.86. The Hall–Kier alpha value is -0.250. The molecule has 13 heavy (non-hydrogen) atoms. The quantitative estimate of drug-likeness (QED) is 0.369. The molecule has 0 aromatic carbocycles. The van der Waals surface area contributed by atoms with Gasteiger partial charge < -0.3 is 20.1 Å². The van der Waals surface area contributed by atoms with Gasteiger partial charge in [0.1, 0.15) is 18.3 Å². The Morgan fingerprint density at radius 3 is 2.00 bits per heavy atom.